The van der Waals surface area contributed by atoms with Crippen LogP contribution in [0.25, 0.3) is 55.4 Å². The van der Waals surface area contributed by atoms with Crippen molar-refractivity contribution in [2.24, 2.45) is 14.1 Å². The third-order valence-electron chi connectivity index (χ3n) is 8.04. The van der Waals surface area contributed by atoms with Gasteiger partial charge in [-0.05, 0) is 61.4 Å². The van der Waals surface area contributed by atoms with E-state index in [1.807, 2.05) is 103 Å². The van der Waals surface area contributed by atoms with Crippen molar-refractivity contribution >= 4 is 43.7 Å². The largest absolute Gasteiger partial charge is 0.320 e. The highest BCUT2D eigenvalue weighted by Gasteiger charge is 2.22. The molecule has 4 aromatic heterocycles. The fourth-order valence-electron chi connectivity index (χ4n) is 6.13. The molecule has 8 aromatic rings. The molecule has 4 heterocycles. The van der Waals surface area contributed by atoms with Crippen LogP contribution in [0.4, 0.5) is 0 Å². The van der Waals surface area contributed by atoms with Gasteiger partial charge in [0, 0.05) is 35.6 Å². The Morgan fingerprint density at radius 1 is 0.500 bits per heavy atom. The molecule has 0 aliphatic rings. The van der Waals surface area contributed by atoms with Gasteiger partial charge in [-0.25, -0.2) is 9.55 Å². The van der Waals surface area contributed by atoms with Crippen molar-refractivity contribution in [3.63, 3.8) is 0 Å². The van der Waals surface area contributed by atoms with E-state index >= 15 is 0 Å². The summed E-state index contributed by atoms with van der Waals surface area (Å²) in [5.41, 5.74) is 8.71. The van der Waals surface area contributed by atoms with Crippen LogP contribution in [0, 0.1) is 13.8 Å². The number of hydrogen-bond acceptors (Lipinski definition) is 1. The molecule has 54 heavy (non-hydrogen) atoms. The second-order valence-corrected chi connectivity index (χ2v) is 10.7. The van der Waals surface area contributed by atoms with Crippen molar-refractivity contribution in [3.8, 4) is 11.6 Å². The minimum atomic E-state index is 0. The zero-order valence-electron chi connectivity index (χ0n) is 35.8. The zero-order valence-corrected chi connectivity index (χ0v) is 35.8. The number of fused-ring (bicyclic) bond motifs is 6. The fourth-order valence-corrected chi connectivity index (χ4v) is 6.13. The van der Waals surface area contributed by atoms with Crippen LogP contribution in [-0.4, -0.2) is 18.7 Å². The third-order valence-corrected chi connectivity index (χ3v) is 8.04. The third kappa shape index (κ3) is 10.3. The van der Waals surface area contributed by atoms with Gasteiger partial charge in [0.1, 0.15) is 11.2 Å². The van der Waals surface area contributed by atoms with Crippen LogP contribution in [0.2, 0.25) is 0 Å². The van der Waals surface area contributed by atoms with Gasteiger partial charge in [-0.2, -0.15) is 4.57 Å². The van der Waals surface area contributed by atoms with E-state index in [0.717, 1.165) is 5.95 Å². The second kappa shape index (κ2) is 25.8. The molecule has 0 spiro atoms. The number of para-hydroxylation sites is 4. The van der Waals surface area contributed by atoms with Gasteiger partial charge in [-0.3, -0.25) is 4.57 Å². The van der Waals surface area contributed by atoms with Gasteiger partial charge in [-0.1, -0.05) is 157 Å². The maximum absolute atomic E-state index is 4.53. The van der Waals surface area contributed by atoms with Gasteiger partial charge >= 0.3 is 0 Å². The molecule has 0 N–H and O–H groups in total. The first-order valence-electron chi connectivity index (χ1n) is 19.9. The van der Waals surface area contributed by atoms with Crippen molar-refractivity contribution in [2.75, 3.05) is 0 Å². The Labute approximate surface area is 328 Å². The number of nitrogens with zero attached hydrogens (tertiary/aromatic N) is 5. The second-order valence-electron chi connectivity index (χ2n) is 10.7. The molecule has 0 saturated carbocycles. The molecular weight excluding hydrogens is 659 g/mol. The fraction of sp³-hybridized carbons (Fsp3) is 0.347. The number of pyridine rings is 1. The van der Waals surface area contributed by atoms with E-state index in [2.05, 4.69) is 153 Å². The number of aromatic nitrogens is 5. The number of benzene rings is 4. The molecule has 0 fully saturated rings. The van der Waals surface area contributed by atoms with Crippen LogP contribution in [0.1, 0.15) is 102 Å². The van der Waals surface area contributed by atoms with Crippen molar-refractivity contribution in [1.82, 2.24) is 18.7 Å². The predicted octanol–water partition coefficient (Wildman–Crippen LogP) is 14.5. The SMILES string of the molecule is C.CC.CC.CC.CC.CC.CC.Cc1cccc2c3ccccc3n(-c3nccn3C)c12.Cc1ccccc1-n1c2ccccc2c2ccc[n+](C)c21. The molecule has 0 unspecified atom stereocenters. The van der Waals surface area contributed by atoms with E-state index in [1.165, 1.54) is 60.6 Å². The molecule has 0 radical (unpaired) electrons. The normalized spacial score (nSPS) is 9.33. The van der Waals surface area contributed by atoms with Crippen LogP contribution in [0.3, 0.4) is 0 Å². The van der Waals surface area contributed by atoms with Crippen molar-refractivity contribution in [1.29, 1.82) is 0 Å². The van der Waals surface area contributed by atoms with E-state index in [0.29, 0.717) is 0 Å². The smallest absolute Gasteiger partial charge is 0.294 e. The number of rotatable bonds is 2. The summed E-state index contributed by atoms with van der Waals surface area (Å²) in [5, 5.41) is 5.14. The molecule has 0 aliphatic carbocycles. The molecule has 0 atom stereocenters. The van der Waals surface area contributed by atoms with Crippen LogP contribution in [0.5, 0.6) is 0 Å². The Morgan fingerprint density at radius 3 is 1.52 bits per heavy atom. The Balaban J connectivity index is 0.000000805. The highest BCUT2D eigenvalue weighted by Crippen LogP contribution is 2.33. The molecule has 0 aliphatic heterocycles. The van der Waals surface area contributed by atoms with Crippen molar-refractivity contribution in [3.05, 3.63) is 133 Å². The summed E-state index contributed by atoms with van der Waals surface area (Å²) >= 11 is 0. The van der Waals surface area contributed by atoms with Crippen LogP contribution < -0.4 is 4.57 Å². The van der Waals surface area contributed by atoms with Gasteiger partial charge in [0.25, 0.3) is 5.65 Å². The highest BCUT2D eigenvalue weighted by atomic mass is 15.2. The summed E-state index contributed by atoms with van der Waals surface area (Å²) in [6.07, 6.45) is 5.93. The monoisotopic (exact) mass is 731 g/mol. The average Bonchev–Trinajstić information content (AvgIpc) is 3.92. The maximum atomic E-state index is 4.53. The maximum Gasteiger partial charge on any atom is 0.294 e. The molecule has 8 rings (SSSR count). The first-order valence-corrected chi connectivity index (χ1v) is 19.9. The molecule has 292 valence electrons. The number of aryl methyl sites for hydroxylation is 4. The quantitative estimate of drug-likeness (QED) is 0.163. The summed E-state index contributed by atoms with van der Waals surface area (Å²) in [4.78, 5) is 4.53. The van der Waals surface area contributed by atoms with Crippen LogP contribution >= 0.6 is 0 Å². The molecule has 5 heteroatoms. The predicted molar refractivity (Wildman–Crippen MR) is 244 cm³/mol. The van der Waals surface area contributed by atoms with Crippen molar-refractivity contribution < 1.29 is 4.57 Å². The zero-order chi connectivity index (χ0) is 40.1. The van der Waals surface area contributed by atoms with E-state index < -0.39 is 0 Å². The molecule has 0 bridgehead atoms. The van der Waals surface area contributed by atoms with Crippen LogP contribution in [-0.2, 0) is 14.1 Å². The van der Waals surface area contributed by atoms with E-state index in [-0.39, 0.29) is 7.43 Å². The Morgan fingerprint density at radius 2 is 0.963 bits per heavy atom. The lowest BCUT2D eigenvalue weighted by atomic mass is 10.1. The molecule has 0 amide bonds. The summed E-state index contributed by atoms with van der Waals surface area (Å²) in [6, 6.07) is 36.4. The summed E-state index contributed by atoms with van der Waals surface area (Å²) in [5.74, 6) is 0.950. The first-order chi connectivity index (χ1) is 26.0. The number of imidazole rings is 1. The lowest BCUT2D eigenvalue weighted by Crippen LogP contribution is -2.30. The van der Waals surface area contributed by atoms with Gasteiger partial charge < -0.3 is 4.57 Å². The Kier molecular flexibility index (Phi) is 23.3. The van der Waals surface area contributed by atoms with E-state index in [1.54, 1.807) is 0 Å². The standard InChI is InChI=1S/C19H17N2.C17H15N3.6C2H6.CH4/c1-14-8-3-5-11-17(14)21-18-12-6-4-9-15(18)16-10-7-13-20(2)19(16)21;1-12-6-5-8-14-13-7-3-4-9-15(13)20(16(12)14)17-18-10-11-19(17)2;6*1-2;/h3-13H,1-2H3;3-11H,1-2H3;6*1-2H3;1H4/q+1;;;;;;;;. The lowest BCUT2D eigenvalue weighted by Gasteiger charge is -2.08. The first kappa shape index (κ1) is 48.8. The Hall–Kier alpha value is -5.16. The van der Waals surface area contributed by atoms with E-state index in [4.69, 9.17) is 0 Å². The summed E-state index contributed by atoms with van der Waals surface area (Å²) in [6.45, 7) is 28.3. The van der Waals surface area contributed by atoms with Gasteiger partial charge in [-0.15, -0.1) is 0 Å². The molecule has 5 nitrogen and oxygen atoms in total. The average molecular weight is 731 g/mol. The summed E-state index contributed by atoms with van der Waals surface area (Å²) in [7, 11) is 4.14. The van der Waals surface area contributed by atoms with Gasteiger partial charge in [0.2, 0.25) is 5.95 Å². The topological polar surface area (TPSA) is 31.6 Å². The molecule has 0 saturated heterocycles. The minimum absolute atomic E-state index is 0. The van der Waals surface area contributed by atoms with Gasteiger partial charge in [0.15, 0.2) is 0 Å². The van der Waals surface area contributed by atoms with Crippen molar-refractivity contribution in [2.45, 2.75) is 104 Å². The van der Waals surface area contributed by atoms with Crippen LogP contribution in [0.15, 0.2) is 122 Å². The molecule has 4 aromatic carbocycles. The highest BCUT2D eigenvalue weighted by molar-refractivity contribution is 6.10. The Bertz CT molecular complexity index is 2210. The minimum Gasteiger partial charge on any atom is -0.320 e. The molecular formula is C49H72N5+. The number of hydrogen-bond donors (Lipinski definition) is 0. The van der Waals surface area contributed by atoms with E-state index in [9.17, 15) is 0 Å². The summed E-state index contributed by atoms with van der Waals surface area (Å²) < 4.78 is 8.86. The lowest BCUT2D eigenvalue weighted by molar-refractivity contribution is -0.647. The van der Waals surface area contributed by atoms with Gasteiger partial charge in [0.05, 0.1) is 29.7 Å².